The van der Waals surface area contributed by atoms with Gasteiger partial charge in [-0.25, -0.2) is 17.6 Å². The van der Waals surface area contributed by atoms with Crippen LogP contribution in [0.3, 0.4) is 0 Å². The van der Waals surface area contributed by atoms with Gasteiger partial charge in [0.25, 0.3) is 0 Å². The number of benzene rings is 3. The van der Waals surface area contributed by atoms with Crippen molar-refractivity contribution < 1.29 is 30.7 Å². The minimum Gasteiger partial charge on any atom is -0.206 e. The van der Waals surface area contributed by atoms with E-state index < -0.39 is 35.0 Å². The second-order valence-electron chi connectivity index (χ2n) is 11.2. The molecule has 0 heterocycles. The highest BCUT2D eigenvalue weighted by molar-refractivity contribution is 5.89. The van der Waals surface area contributed by atoms with Crippen LogP contribution in [0.4, 0.5) is 30.7 Å². The second-order valence-corrected chi connectivity index (χ2v) is 11.2. The van der Waals surface area contributed by atoms with Crippen LogP contribution in [0.25, 0.3) is 21.9 Å². The molecule has 0 N–H and O–H groups in total. The fraction of sp³-hybridized carbons (Fsp3) is 0.394. The number of fused-ring (bicyclic) bond motifs is 2. The van der Waals surface area contributed by atoms with Crippen LogP contribution in [0.2, 0.25) is 0 Å². The Hall–Kier alpha value is -3.27. The zero-order valence-corrected chi connectivity index (χ0v) is 21.9. The molecule has 2 aliphatic rings. The molecule has 7 heteroatoms. The van der Waals surface area contributed by atoms with Gasteiger partial charge in [-0.15, -0.1) is 6.58 Å². The Balaban J connectivity index is 1.32. The Bertz CT molecular complexity index is 1470. The van der Waals surface area contributed by atoms with Gasteiger partial charge < -0.3 is 0 Å². The molecule has 2 fully saturated rings. The van der Waals surface area contributed by atoms with Crippen LogP contribution < -0.4 is 0 Å². The highest BCUT2D eigenvalue weighted by Gasteiger charge is 2.34. The molecule has 0 aromatic heterocycles. The molecule has 0 bridgehead atoms. The number of allylic oxidation sites excluding steroid dienone is 1. The molecule has 3 aromatic rings. The SMILES string of the molecule is C=CC1CCC2CC(CCc3cc(F)c(-c4ccc5c(F)c(C#CC(F)(F)F)c(F)cc5c4)c(F)c3)CCC2C1. The zero-order valence-electron chi connectivity index (χ0n) is 21.9. The molecule has 0 spiro atoms. The molecule has 4 unspecified atom stereocenters. The maximum absolute atomic E-state index is 15.2. The number of hydrogen-bond acceptors (Lipinski definition) is 0. The molecule has 0 amide bonds. The van der Waals surface area contributed by atoms with E-state index in [1.807, 2.05) is 0 Å². The quantitative estimate of drug-likeness (QED) is 0.166. The molecule has 2 aliphatic carbocycles. The van der Waals surface area contributed by atoms with Crippen LogP contribution >= 0.6 is 0 Å². The van der Waals surface area contributed by atoms with Gasteiger partial charge in [0, 0.05) is 11.3 Å². The first-order valence-electron chi connectivity index (χ1n) is 13.6. The second kappa shape index (κ2) is 11.3. The van der Waals surface area contributed by atoms with E-state index in [2.05, 4.69) is 12.7 Å². The molecule has 0 aliphatic heterocycles. The van der Waals surface area contributed by atoms with E-state index in [0.717, 1.165) is 49.2 Å². The van der Waals surface area contributed by atoms with Gasteiger partial charge in [-0.1, -0.05) is 30.6 Å². The highest BCUT2D eigenvalue weighted by Crippen LogP contribution is 2.46. The Morgan fingerprint density at radius 2 is 1.55 bits per heavy atom. The van der Waals surface area contributed by atoms with Crippen LogP contribution in [0.5, 0.6) is 0 Å². The van der Waals surface area contributed by atoms with E-state index in [0.29, 0.717) is 23.8 Å². The van der Waals surface area contributed by atoms with Crippen molar-refractivity contribution in [3.05, 3.63) is 83.4 Å². The number of halogens is 7. The van der Waals surface area contributed by atoms with Crippen LogP contribution in [-0.4, -0.2) is 6.18 Å². The van der Waals surface area contributed by atoms with Crippen molar-refractivity contribution in [2.75, 3.05) is 0 Å². The minimum atomic E-state index is -4.91. The minimum absolute atomic E-state index is 0.0503. The van der Waals surface area contributed by atoms with Crippen molar-refractivity contribution in [2.24, 2.45) is 23.7 Å². The average Bonchev–Trinajstić information content (AvgIpc) is 2.90. The van der Waals surface area contributed by atoms with Crippen LogP contribution in [0.1, 0.15) is 56.1 Å². The zero-order chi connectivity index (χ0) is 28.6. The fourth-order valence-electron chi connectivity index (χ4n) is 6.65. The molecule has 2 saturated carbocycles. The predicted octanol–water partition coefficient (Wildman–Crippen LogP) is 9.93. The van der Waals surface area contributed by atoms with Crippen LogP contribution in [0, 0.1) is 58.8 Å². The van der Waals surface area contributed by atoms with Crippen molar-refractivity contribution >= 4 is 10.8 Å². The topological polar surface area (TPSA) is 0 Å². The van der Waals surface area contributed by atoms with E-state index in [4.69, 9.17) is 0 Å². The van der Waals surface area contributed by atoms with Crippen LogP contribution in [-0.2, 0) is 6.42 Å². The first-order valence-corrected chi connectivity index (χ1v) is 13.6. The summed E-state index contributed by atoms with van der Waals surface area (Å²) < 4.78 is 96.7. The Morgan fingerprint density at radius 1 is 0.850 bits per heavy atom. The van der Waals surface area contributed by atoms with E-state index in [9.17, 15) is 22.0 Å². The van der Waals surface area contributed by atoms with E-state index >= 15 is 8.78 Å². The van der Waals surface area contributed by atoms with E-state index in [-0.39, 0.29) is 21.9 Å². The maximum atomic E-state index is 15.2. The fourth-order valence-corrected chi connectivity index (χ4v) is 6.65. The lowest BCUT2D eigenvalue weighted by Crippen LogP contribution is -2.30. The molecule has 0 radical (unpaired) electrons. The first-order chi connectivity index (χ1) is 19.0. The van der Waals surface area contributed by atoms with E-state index in [1.54, 1.807) is 0 Å². The third kappa shape index (κ3) is 6.06. The Labute approximate surface area is 229 Å². The third-order valence-corrected chi connectivity index (χ3v) is 8.69. The smallest absolute Gasteiger partial charge is 0.206 e. The lowest BCUT2D eigenvalue weighted by Gasteiger charge is -2.41. The Kier molecular flexibility index (Phi) is 7.99. The summed E-state index contributed by atoms with van der Waals surface area (Å²) in [5.74, 6) is 0.852. The number of aryl methyl sites for hydroxylation is 1. The Morgan fingerprint density at radius 3 is 2.25 bits per heavy atom. The number of hydrogen-bond donors (Lipinski definition) is 0. The van der Waals surface area contributed by atoms with Crippen molar-refractivity contribution in [2.45, 2.75) is 57.5 Å². The first kappa shape index (κ1) is 28.3. The standard InChI is InChI=1S/C33H29F7/c1-2-19-5-7-23-14-20(6-8-22(23)13-19)3-4-21-15-29(35)31(30(36)16-21)24-9-10-26-25(17-24)18-28(34)27(32(26)37)11-12-33(38,39)40/h2,9-10,15-20,22-23H,1,3-8,13-14H2. The van der Waals surface area contributed by atoms with Gasteiger partial charge in [-0.3, -0.25) is 0 Å². The summed E-state index contributed by atoms with van der Waals surface area (Å²) in [5, 5.41) is -0.257. The molecule has 40 heavy (non-hydrogen) atoms. The highest BCUT2D eigenvalue weighted by atomic mass is 19.4. The number of rotatable bonds is 5. The summed E-state index contributed by atoms with van der Waals surface area (Å²) in [6.45, 7) is 3.95. The number of alkyl halides is 3. The molecule has 4 atom stereocenters. The molecule has 5 rings (SSSR count). The van der Waals surface area contributed by atoms with Crippen molar-refractivity contribution in [1.82, 2.24) is 0 Å². The summed E-state index contributed by atoms with van der Waals surface area (Å²) in [6, 6.07) is 7.05. The maximum Gasteiger partial charge on any atom is 0.458 e. The van der Waals surface area contributed by atoms with Crippen molar-refractivity contribution in [1.29, 1.82) is 0 Å². The summed E-state index contributed by atoms with van der Waals surface area (Å²) in [4.78, 5) is 0. The molecule has 0 saturated heterocycles. The van der Waals surface area contributed by atoms with Gasteiger partial charge in [0.05, 0.1) is 11.1 Å². The largest absolute Gasteiger partial charge is 0.458 e. The summed E-state index contributed by atoms with van der Waals surface area (Å²) in [5.41, 5.74) is -0.721. The van der Waals surface area contributed by atoms with Crippen molar-refractivity contribution in [3.8, 4) is 23.0 Å². The summed E-state index contributed by atoms with van der Waals surface area (Å²) in [6.07, 6.45) is 5.70. The third-order valence-electron chi connectivity index (χ3n) is 8.69. The molecular formula is C33H29F7. The molecule has 0 nitrogen and oxygen atoms in total. The van der Waals surface area contributed by atoms with Crippen LogP contribution in [0.15, 0.2) is 49.1 Å². The average molecular weight is 559 g/mol. The van der Waals surface area contributed by atoms with Gasteiger partial charge in [0.2, 0.25) is 0 Å². The lowest BCUT2D eigenvalue weighted by molar-refractivity contribution is -0.0696. The molecule has 210 valence electrons. The monoisotopic (exact) mass is 558 g/mol. The normalized spacial score (nSPS) is 22.9. The lowest BCUT2D eigenvalue weighted by atomic mass is 9.64. The van der Waals surface area contributed by atoms with Crippen molar-refractivity contribution in [3.63, 3.8) is 0 Å². The van der Waals surface area contributed by atoms with Gasteiger partial charge in [0.15, 0.2) is 0 Å². The van der Waals surface area contributed by atoms with E-state index in [1.165, 1.54) is 55.9 Å². The van der Waals surface area contributed by atoms with Gasteiger partial charge >= 0.3 is 6.18 Å². The summed E-state index contributed by atoms with van der Waals surface area (Å²) >= 11 is 0. The molecular weight excluding hydrogens is 529 g/mol. The summed E-state index contributed by atoms with van der Waals surface area (Å²) in [7, 11) is 0. The van der Waals surface area contributed by atoms with Gasteiger partial charge in [-0.2, -0.15) is 13.2 Å². The van der Waals surface area contributed by atoms with Gasteiger partial charge in [-0.05, 0) is 109 Å². The van der Waals surface area contributed by atoms with Gasteiger partial charge in [0.1, 0.15) is 23.3 Å². The molecule has 3 aromatic carbocycles. The predicted molar refractivity (Wildman–Crippen MR) is 142 cm³/mol.